The lowest BCUT2D eigenvalue weighted by Gasteiger charge is -2.00. The largest absolute Gasteiger partial charge is 0.330 e. The number of aryl methyl sites for hydroxylation is 1. The van der Waals surface area contributed by atoms with Gasteiger partial charge in [-0.1, -0.05) is 13.0 Å². The van der Waals surface area contributed by atoms with Crippen molar-refractivity contribution in [3.63, 3.8) is 0 Å². The molecule has 0 fully saturated rings. The highest BCUT2D eigenvalue weighted by Crippen LogP contribution is 2.09. The number of aromatic nitrogens is 2. The lowest BCUT2D eigenvalue weighted by molar-refractivity contribution is -0.113. The topological polar surface area (TPSA) is 34.9 Å². The summed E-state index contributed by atoms with van der Waals surface area (Å²) in [5, 5.41) is 0. The van der Waals surface area contributed by atoms with Gasteiger partial charge in [0.2, 0.25) is 0 Å². The van der Waals surface area contributed by atoms with Gasteiger partial charge >= 0.3 is 0 Å². The summed E-state index contributed by atoms with van der Waals surface area (Å²) in [7, 11) is 0. The first-order valence-corrected chi connectivity index (χ1v) is 6.08. The van der Waals surface area contributed by atoms with E-state index >= 15 is 0 Å². The van der Waals surface area contributed by atoms with Crippen LogP contribution in [0.5, 0.6) is 0 Å². The number of imidazole rings is 1. The highest BCUT2D eigenvalue weighted by Gasteiger charge is 2.04. The van der Waals surface area contributed by atoms with Crippen molar-refractivity contribution >= 4 is 5.78 Å². The van der Waals surface area contributed by atoms with Crippen molar-refractivity contribution in [1.29, 1.82) is 0 Å². The van der Waals surface area contributed by atoms with Gasteiger partial charge < -0.3 is 4.57 Å². The zero-order valence-corrected chi connectivity index (χ0v) is 11.8. The predicted molar refractivity (Wildman–Crippen MR) is 76.5 cm³/mol. The second-order valence-corrected chi connectivity index (χ2v) is 3.90. The van der Waals surface area contributed by atoms with E-state index in [1.807, 2.05) is 13.8 Å². The Labute approximate surface area is 114 Å². The van der Waals surface area contributed by atoms with Crippen molar-refractivity contribution in [2.24, 2.45) is 0 Å². The van der Waals surface area contributed by atoms with Gasteiger partial charge in [0.15, 0.2) is 5.78 Å². The molecule has 0 aromatic carbocycles. The van der Waals surface area contributed by atoms with Crippen LogP contribution >= 0.6 is 0 Å². The number of carbonyl (C=O) groups excluding carboxylic acids is 1. The van der Waals surface area contributed by atoms with E-state index in [-0.39, 0.29) is 18.2 Å². The molecule has 0 bridgehead atoms. The number of hydrogen-bond donors (Lipinski definition) is 0. The molecule has 3 nitrogen and oxygen atoms in total. The Morgan fingerprint density at radius 3 is 2.58 bits per heavy atom. The highest BCUT2D eigenvalue weighted by molar-refractivity contribution is 5.96. The van der Waals surface area contributed by atoms with Crippen LogP contribution in [0, 0.1) is 6.92 Å². The van der Waals surface area contributed by atoms with Crippen LogP contribution < -0.4 is 0 Å². The number of hydrogen-bond acceptors (Lipinski definition) is 2. The minimum absolute atomic E-state index is 0.106. The highest BCUT2D eigenvalue weighted by atomic mass is 19.1. The van der Waals surface area contributed by atoms with Crippen molar-refractivity contribution in [3.05, 3.63) is 54.9 Å². The van der Waals surface area contributed by atoms with Crippen LogP contribution in [0.2, 0.25) is 0 Å². The minimum atomic E-state index is -0.350. The normalized spacial score (nSPS) is 11.8. The number of Topliss-reactive ketones (excluding diaryl/α,β-unsaturated/α-hetero) is 1. The van der Waals surface area contributed by atoms with E-state index < -0.39 is 0 Å². The maximum Gasteiger partial charge on any atom is 0.159 e. The van der Waals surface area contributed by atoms with Crippen molar-refractivity contribution < 1.29 is 9.18 Å². The zero-order chi connectivity index (χ0) is 14.8. The van der Waals surface area contributed by atoms with E-state index in [1.165, 1.54) is 13.0 Å². The molecule has 0 unspecified atom stereocenters. The van der Waals surface area contributed by atoms with Crippen LogP contribution in [0.1, 0.15) is 26.0 Å². The van der Waals surface area contributed by atoms with Gasteiger partial charge in [0.05, 0.1) is 18.6 Å². The average molecular weight is 264 g/mol. The first-order chi connectivity index (χ1) is 9.02. The molecular formula is C15H21FN2O. The van der Waals surface area contributed by atoms with E-state index in [4.69, 9.17) is 0 Å². The number of carbonyl (C=O) groups is 1. The zero-order valence-electron chi connectivity index (χ0n) is 11.8. The molecule has 0 spiro atoms. The summed E-state index contributed by atoms with van der Waals surface area (Å²) >= 11 is 0. The monoisotopic (exact) mass is 264 g/mol. The number of allylic oxidation sites excluding steroid dienone is 4. The van der Waals surface area contributed by atoms with Crippen LogP contribution in [0.3, 0.4) is 0 Å². The van der Waals surface area contributed by atoms with Gasteiger partial charge in [-0.05, 0) is 26.3 Å². The van der Waals surface area contributed by atoms with Crippen LogP contribution in [-0.4, -0.2) is 15.3 Å². The lowest BCUT2D eigenvalue weighted by Crippen LogP contribution is -1.98. The molecule has 1 heterocycles. The Kier molecular flexibility index (Phi) is 8.09. The first kappa shape index (κ1) is 17.0. The molecular weight excluding hydrogens is 243 g/mol. The summed E-state index contributed by atoms with van der Waals surface area (Å²) < 4.78 is 15.3. The summed E-state index contributed by atoms with van der Waals surface area (Å²) in [4.78, 5) is 15.2. The van der Waals surface area contributed by atoms with Crippen LogP contribution in [0.4, 0.5) is 4.39 Å². The number of nitrogens with zero attached hydrogens (tertiary/aromatic N) is 2. The van der Waals surface area contributed by atoms with E-state index in [0.717, 1.165) is 5.69 Å². The van der Waals surface area contributed by atoms with Gasteiger partial charge in [-0.3, -0.25) is 4.79 Å². The van der Waals surface area contributed by atoms with Gasteiger partial charge in [0.1, 0.15) is 5.83 Å². The van der Waals surface area contributed by atoms with E-state index in [1.54, 1.807) is 23.2 Å². The molecule has 104 valence electrons. The summed E-state index contributed by atoms with van der Waals surface area (Å²) in [6.45, 7) is 11.3. The van der Waals surface area contributed by atoms with Gasteiger partial charge in [0.25, 0.3) is 0 Å². The third-order valence-electron chi connectivity index (χ3n) is 2.24. The smallest absolute Gasteiger partial charge is 0.159 e. The molecule has 1 rings (SSSR count). The molecule has 0 aliphatic heterocycles. The summed E-state index contributed by atoms with van der Waals surface area (Å²) in [5.74, 6) is -0.471. The molecule has 1 aromatic heterocycles. The Bertz CT molecular complexity index is 472. The fourth-order valence-corrected chi connectivity index (χ4v) is 1.47. The maximum atomic E-state index is 13.7. The first-order valence-electron chi connectivity index (χ1n) is 6.08. The van der Waals surface area contributed by atoms with Gasteiger partial charge in [-0.2, -0.15) is 0 Å². The third-order valence-corrected chi connectivity index (χ3v) is 2.24. The van der Waals surface area contributed by atoms with Crippen molar-refractivity contribution in [2.75, 3.05) is 0 Å². The summed E-state index contributed by atoms with van der Waals surface area (Å²) in [6.07, 6.45) is 7.05. The Balaban J connectivity index is 0.00000154. The fourth-order valence-electron chi connectivity index (χ4n) is 1.47. The van der Waals surface area contributed by atoms with Crippen molar-refractivity contribution in [1.82, 2.24) is 9.55 Å². The Morgan fingerprint density at radius 2 is 2.16 bits per heavy atom. The molecule has 0 N–H and O–H groups in total. The van der Waals surface area contributed by atoms with Crippen molar-refractivity contribution in [2.45, 2.75) is 33.7 Å². The molecule has 0 amide bonds. The Morgan fingerprint density at radius 1 is 1.53 bits per heavy atom. The maximum absolute atomic E-state index is 13.7. The molecule has 1 aromatic rings. The van der Waals surface area contributed by atoms with Crippen molar-refractivity contribution in [3.8, 4) is 0 Å². The second kappa shape index (κ2) is 9.03. The molecule has 4 heteroatoms. The number of rotatable bonds is 5. The SMILES string of the molecule is C=C.CC/C=C(\C=C(\F)Cn1cnc(C)c1)C(C)=O. The molecule has 0 aliphatic rings. The molecule has 0 atom stereocenters. The average Bonchev–Trinajstić information content (AvgIpc) is 2.76. The molecule has 0 saturated carbocycles. The fraction of sp³-hybridized carbons (Fsp3) is 0.333. The Hall–Kier alpha value is -1.97. The van der Waals surface area contributed by atoms with Crippen LogP contribution in [0.25, 0.3) is 0 Å². The number of halogens is 1. The van der Waals surface area contributed by atoms with Gasteiger partial charge in [0, 0.05) is 11.8 Å². The quantitative estimate of drug-likeness (QED) is 0.461. The van der Waals surface area contributed by atoms with Crippen LogP contribution in [-0.2, 0) is 11.3 Å². The molecule has 19 heavy (non-hydrogen) atoms. The van der Waals surface area contributed by atoms with Gasteiger partial charge in [-0.15, -0.1) is 13.2 Å². The predicted octanol–water partition coefficient (Wildman–Crippen LogP) is 3.77. The van der Waals surface area contributed by atoms with E-state index in [9.17, 15) is 9.18 Å². The van der Waals surface area contributed by atoms with E-state index in [2.05, 4.69) is 18.1 Å². The molecule has 0 radical (unpaired) electrons. The summed E-state index contributed by atoms with van der Waals surface area (Å²) in [6, 6.07) is 0. The van der Waals surface area contributed by atoms with E-state index in [0.29, 0.717) is 12.0 Å². The minimum Gasteiger partial charge on any atom is -0.330 e. The molecule has 0 saturated heterocycles. The van der Waals surface area contributed by atoms with Gasteiger partial charge in [-0.25, -0.2) is 9.37 Å². The third kappa shape index (κ3) is 6.50. The van der Waals surface area contributed by atoms with Crippen LogP contribution in [0.15, 0.2) is 49.2 Å². The lowest BCUT2D eigenvalue weighted by atomic mass is 10.1. The molecule has 0 aliphatic carbocycles. The second-order valence-electron chi connectivity index (χ2n) is 3.90. The summed E-state index contributed by atoms with van der Waals surface area (Å²) in [5.41, 5.74) is 1.26. The standard InChI is InChI=1S/C13H17FN2O.C2H4/c1-4-5-12(11(3)17)6-13(14)8-16-7-10(2)15-9-16;1-2/h5-7,9H,4,8H2,1-3H3;1-2H2/b12-5+,13-6+;. The number of ketones is 1.